The van der Waals surface area contributed by atoms with Crippen LogP contribution < -0.4 is 20.9 Å². The third-order valence-corrected chi connectivity index (χ3v) is 3.59. The zero-order valence-corrected chi connectivity index (χ0v) is 12.4. The van der Waals surface area contributed by atoms with Crippen LogP contribution in [0, 0.1) is 0 Å². The monoisotopic (exact) mass is 296 g/mol. The van der Waals surface area contributed by atoms with Crippen LogP contribution >= 0.6 is 0 Å². The molecule has 0 saturated heterocycles. The van der Waals surface area contributed by atoms with Crippen molar-refractivity contribution in [1.82, 2.24) is 0 Å². The Kier molecular flexibility index (Phi) is 4.19. The van der Waals surface area contributed by atoms with E-state index < -0.39 is 0 Å². The Balaban J connectivity index is 1.68. The lowest BCUT2D eigenvalue weighted by Gasteiger charge is -2.16. The van der Waals surface area contributed by atoms with E-state index in [-0.39, 0.29) is 0 Å². The van der Waals surface area contributed by atoms with Crippen LogP contribution in [0.2, 0.25) is 0 Å². The van der Waals surface area contributed by atoms with E-state index in [0.717, 1.165) is 60.1 Å². The van der Waals surface area contributed by atoms with Gasteiger partial charge in [-0.15, -0.1) is 0 Å². The van der Waals surface area contributed by atoms with Crippen molar-refractivity contribution in [3.8, 4) is 11.5 Å². The van der Waals surface area contributed by atoms with Crippen LogP contribution in [-0.4, -0.2) is 0 Å². The molecule has 0 aromatic heterocycles. The van der Waals surface area contributed by atoms with Crippen molar-refractivity contribution in [3.05, 3.63) is 71.5 Å². The van der Waals surface area contributed by atoms with Gasteiger partial charge in [0.1, 0.15) is 23.0 Å². The van der Waals surface area contributed by atoms with Crippen molar-refractivity contribution in [2.45, 2.75) is 25.7 Å². The van der Waals surface area contributed by atoms with Crippen molar-refractivity contribution in [2.24, 2.45) is 11.5 Å². The maximum atomic E-state index is 5.88. The molecule has 4 N–H and O–H groups in total. The van der Waals surface area contributed by atoms with Crippen LogP contribution in [-0.2, 0) is 0 Å². The summed E-state index contributed by atoms with van der Waals surface area (Å²) in [6.07, 6.45) is 10.9. The molecule has 2 aliphatic rings. The Bertz CT molecular complexity index is 629. The normalized spacial score (nSPS) is 17.8. The smallest absolute Gasteiger partial charge is 0.130 e. The van der Waals surface area contributed by atoms with Gasteiger partial charge in [-0.25, -0.2) is 0 Å². The van der Waals surface area contributed by atoms with E-state index in [2.05, 4.69) is 0 Å². The Hall–Kier alpha value is -2.62. The first-order chi connectivity index (χ1) is 10.7. The molecule has 1 aromatic carbocycles. The van der Waals surface area contributed by atoms with Crippen LogP contribution in [0.3, 0.4) is 0 Å². The summed E-state index contributed by atoms with van der Waals surface area (Å²) in [5, 5.41) is 0. The molecule has 4 nitrogen and oxygen atoms in total. The van der Waals surface area contributed by atoms with Gasteiger partial charge < -0.3 is 20.9 Å². The average Bonchev–Trinajstić information content (AvgIpc) is 2.52. The number of allylic oxidation sites excluding steroid dienone is 8. The summed E-state index contributed by atoms with van der Waals surface area (Å²) in [5.74, 6) is 3.37. The highest BCUT2D eigenvalue weighted by Gasteiger charge is 2.09. The molecule has 0 atom stereocenters. The van der Waals surface area contributed by atoms with E-state index in [1.807, 2.05) is 48.6 Å². The van der Waals surface area contributed by atoms with Gasteiger partial charge in [0, 0.05) is 30.3 Å². The molecule has 1 aromatic rings. The highest BCUT2D eigenvalue weighted by Crippen LogP contribution is 2.27. The lowest BCUT2D eigenvalue weighted by atomic mass is 10.1. The first-order valence-corrected chi connectivity index (χ1v) is 7.45. The number of hydrogen-bond donors (Lipinski definition) is 2. The third-order valence-electron chi connectivity index (χ3n) is 3.59. The zero-order valence-electron chi connectivity index (χ0n) is 12.4. The number of benzene rings is 1. The second-order valence-corrected chi connectivity index (χ2v) is 5.43. The Morgan fingerprint density at radius 1 is 0.682 bits per heavy atom. The standard InChI is InChI=1S/C18H20N2O2/c19-13-4-8-15(9-5-13)21-17-2-1-3-18(12-17)22-16-10-6-14(20)7-11-16/h1-4,6,8,10,12H,5,7,9,11,19-20H2. The van der Waals surface area contributed by atoms with Gasteiger partial charge in [-0.05, 0) is 49.3 Å². The quantitative estimate of drug-likeness (QED) is 0.892. The summed E-state index contributed by atoms with van der Waals surface area (Å²) < 4.78 is 11.8. The molecule has 22 heavy (non-hydrogen) atoms. The summed E-state index contributed by atoms with van der Waals surface area (Å²) in [4.78, 5) is 0. The molecule has 0 spiro atoms. The summed E-state index contributed by atoms with van der Waals surface area (Å²) in [5.41, 5.74) is 13.3. The predicted octanol–water partition coefficient (Wildman–Crippen LogP) is 3.48. The van der Waals surface area contributed by atoms with Gasteiger partial charge in [0.2, 0.25) is 0 Å². The maximum absolute atomic E-state index is 5.88. The molecule has 0 saturated carbocycles. The molecule has 2 aliphatic carbocycles. The van der Waals surface area contributed by atoms with E-state index in [1.54, 1.807) is 0 Å². The van der Waals surface area contributed by atoms with Crippen molar-refractivity contribution in [1.29, 1.82) is 0 Å². The van der Waals surface area contributed by atoms with Gasteiger partial charge in [-0.2, -0.15) is 0 Å². The lowest BCUT2D eigenvalue weighted by Crippen LogP contribution is -2.06. The van der Waals surface area contributed by atoms with E-state index in [0.29, 0.717) is 0 Å². The molecular formula is C18H20N2O2. The molecule has 0 heterocycles. The molecule has 0 fully saturated rings. The summed E-state index contributed by atoms with van der Waals surface area (Å²) in [6, 6.07) is 7.65. The minimum Gasteiger partial charge on any atom is -0.462 e. The van der Waals surface area contributed by atoms with Crippen molar-refractivity contribution in [2.75, 3.05) is 0 Å². The minimum atomic E-state index is 0.768. The van der Waals surface area contributed by atoms with Crippen LogP contribution in [0.4, 0.5) is 0 Å². The Morgan fingerprint density at radius 3 is 1.59 bits per heavy atom. The second-order valence-electron chi connectivity index (χ2n) is 5.43. The minimum absolute atomic E-state index is 0.768. The van der Waals surface area contributed by atoms with E-state index in [4.69, 9.17) is 20.9 Å². The Morgan fingerprint density at radius 2 is 1.18 bits per heavy atom. The fraction of sp³-hybridized carbons (Fsp3) is 0.222. The van der Waals surface area contributed by atoms with Crippen molar-refractivity contribution >= 4 is 0 Å². The predicted molar refractivity (Wildman–Crippen MR) is 86.9 cm³/mol. The van der Waals surface area contributed by atoms with Gasteiger partial charge in [0.25, 0.3) is 0 Å². The SMILES string of the molecule is NC1=CC=C(Oc2cccc(OC3=CC=C(N)CC3)c2)CC1. The Labute approximate surface area is 130 Å². The summed E-state index contributed by atoms with van der Waals surface area (Å²) >= 11 is 0. The number of hydrogen-bond acceptors (Lipinski definition) is 4. The molecule has 0 amide bonds. The molecule has 0 unspecified atom stereocenters. The fourth-order valence-electron chi connectivity index (χ4n) is 2.34. The lowest BCUT2D eigenvalue weighted by molar-refractivity contribution is 0.382. The van der Waals surface area contributed by atoms with Gasteiger partial charge in [0.15, 0.2) is 0 Å². The fourth-order valence-corrected chi connectivity index (χ4v) is 2.34. The number of nitrogens with two attached hydrogens (primary N) is 2. The van der Waals surface area contributed by atoms with Gasteiger partial charge in [0.05, 0.1) is 0 Å². The molecule has 114 valence electrons. The van der Waals surface area contributed by atoms with E-state index in [9.17, 15) is 0 Å². The summed E-state index contributed by atoms with van der Waals surface area (Å²) in [6.45, 7) is 0. The number of rotatable bonds is 4. The van der Waals surface area contributed by atoms with E-state index >= 15 is 0 Å². The highest BCUT2D eigenvalue weighted by atomic mass is 16.5. The highest BCUT2D eigenvalue weighted by molar-refractivity contribution is 5.36. The largest absolute Gasteiger partial charge is 0.462 e. The maximum Gasteiger partial charge on any atom is 0.130 e. The van der Waals surface area contributed by atoms with Crippen molar-refractivity contribution in [3.63, 3.8) is 0 Å². The second kappa shape index (κ2) is 6.43. The van der Waals surface area contributed by atoms with Crippen LogP contribution in [0.5, 0.6) is 11.5 Å². The molecule has 0 radical (unpaired) electrons. The van der Waals surface area contributed by atoms with Gasteiger partial charge >= 0.3 is 0 Å². The molecule has 4 heteroatoms. The first kappa shape index (κ1) is 14.3. The first-order valence-electron chi connectivity index (χ1n) is 7.45. The van der Waals surface area contributed by atoms with Crippen LogP contribution in [0.1, 0.15) is 25.7 Å². The molecule has 0 aliphatic heterocycles. The topological polar surface area (TPSA) is 70.5 Å². The third kappa shape index (κ3) is 3.73. The van der Waals surface area contributed by atoms with E-state index in [1.165, 1.54) is 0 Å². The molecular weight excluding hydrogens is 276 g/mol. The van der Waals surface area contributed by atoms with Crippen LogP contribution in [0.15, 0.2) is 71.5 Å². The number of ether oxygens (including phenoxy) is 2. The van der Waals surface area contributed by atoms with Gasteiger partial charge in [-0.1, -0.05) is 6.07 Å². The average molecular weight is 296 g/mol. The van der Waals surface area contributed by atoms with Gasteiger partial charge in [-0.3, -0.25) is 0 Å². The molecule has 3 rings (SSSR count). The zero-order chi connectivity index (χ0) is 15.4. The van der Waals surface area contributed by atoms with Crippen molar-refractivity contribution < 1.29 is 9.47 Å². The molecule has 0 bridgehead atoms. The van der Waals surface area contributed by atoms with Crippen LogP contribution in [0.25, 0.3) is 0 Å². The summed E-state index contributed by atoms with van der Waals surface area (Å²) in [7, 11) is 0.